The predicted molar refractivity (Wildman–Crippen MR) is 59.3 cm³/mol. The van der Waals surface area contributed by atoms with E-state index in [4.69, 9.17) is 20.4 Å². The Balaban J connectivity index is 3.17. The largest absolute Gasteiger partial charge is 0.496 e. The molecule has 0 amide bonds. The third-order valence-corrected chi connectivity index (χ3v) is 2.61. The highest BCUT2D eigenvalue weighted by molar-refractivity contribution is 7.85. The van der Waals surface area contributed by atoms with Crippen LogP contribution in [0.2, 0.25) is 0 Å². The maximum Gasteiger partial charge on any atom is 0.269 e. The monoisotopic (exact) mass is 244 g/mol. The summed E-state index contributed by atoms with van der Waals surface area (Å²) in [6.45, 7) is 0. The molecule has 0 bridgehead atoms. The van der Waals surface area contributed by atoms with E-state index >= 15 is 0 Å². The van der Waals surface area contributed by atoms with E-state index in [1.807, 2.05) is 0 Å². The summed E-state index contributed by atoms with van der Waals surface area (Å²) in [6.07, 6.45) is 0. The number of nitrogen functional groups attached to an aromatic ring is 1. The van der Waals surface area contributed by atoms with E-state index in [1.54, 1.807) is 0 Å². The van der Waals surface area contributed by atoms with Gasteiger partial charge in [-0.2, -0.15) is 8.42 Å². The zero-order valence-electron chi connectivity index (χ0n) is 8.60. The second-order valence-electron chi connectivity index (χ2n) is 3.17. The molecule has 0 unspecified atom stereocenters. The van der Waals surface area contributed by atoms with Crippen LogP contribution in [0.25, 0.3) is 0 Å². The number of hydrogen-bond donors (Lipinski definition) is 3. The van der Waals surface area contributed by atoms with Crippen molar-refractivity contribution in [3.8, 4) is 5.75 Å². The van der Waals surface area contributed by atoms with Gasteiger partial charge < -0.3 is 10.5 Å². The van der Waals surface area contributed by atoms with Crippen LogP contribution in [-0.4, -0.2) is 25.9 Å². The standard InChI is InChI=1S/C9H12N2O4S/c1-15-8-4-6(9(10)11)2-3-7(8)5-16(12,13)14/h2-4H,5H2,1H3,(H3,10,11)(H,12,13,14). The molecule has 0 aliphatic rings. The number of amidine groups is 1. The van der Waals surface area contributed by atoms with Crippen LogP contribution in [0, 0.1) is 5.41 Å². The normalized spacial score (nSPS) is 11.1. The Bertz CT molecular complexity index is 510. The number of hydrogen-bond acceptors (Lipinski definition) is 4. The molecular formula is C9H12N2O4S. The summed E-state index contributed by atoms with van der Waals surface area (Å²) in [5.41, 5.74) is 6.02. The van der Waals surface area contributed by atoms with Crippen molar-refractivity contribution in [1.82, 2.24) is 0 Å². The maximum absolute atomic E-state index is 10.7. The number of methoxy groups -OCH3 is 1. The van der Waals surface area contributed by atoms with E-state index in [9.17, 15) is 8.42 Å². The minimum absolute atomic E-state index is 0.142. The van der Waals surface area contributed by atoms with E-state index in [1.165, 1.54) is 25.3 Å². The minimum atomic E-state index is -4.11. The van der Waals surface area contributed by atoms with Crippen LogP contribution >= 0.6 is 0 Å². The summed E-state index contributed by atoms with van der Waals surface area (Å²) in [5.74, 6) is -0.406. The second-order valence-corrected chi connectivity index (χ2v) is 4.62. The van der Waals surface area contributed by atoms with Gasteiger partial charge in [-0.15, -0.1) is 0 Å². The first-order valence-electron chi connectivity index (χ1n) is 4.30. The Kier molecular flexibility index (Phi) is 3.51. The highest BCUT2D eigenvalue weighted by Crippen LogP contribution is 2.21. The van der Waals surface area contributed by atoms with Crippen LogP contribution in [0.5, 0.6) is 5.75 Å². The molecule has 16 heavy (non-hydrogen) atoms. The summed E-state index contributed by atoms with van der Waals surface area (Å²) in [4.78, 5) is 0. The SMILES string of the molecule is COc1cc(C(=N)N)ccc1CS(=O)(=O)O. The van der Waals surface area contributed by atoms with Crippen molar-refractivity contribution in [1.29, 1.82) is 5.41 Å². The van der Waals surface area contributed by atoms with Crippen molar-refractivity contribution in [3.63, 3.8) is 0 Å². The zero-order valence-corrected chi connectivity index (χ0v) is 9.41. The van der Waals surface area contributed by atoms with E-state index in [0.29, 0.717) is 11.1 Å². The molecule has 0 radical (unpaired) electrons. The fourth-order valence-electron chi connectivity index (χ4n) is 1.23. The summed E-state index contributed by atoms with van der Waals surface area (Å²) in [5, 5.41) is 7.21. The highest BCUT2D eigenvalue weighted by atomic mass is 32.2. The number of rotatable bonds is 4. The first-order valence-corrected chi connectivity index (χ1v) is 5.91. The summed E-state index contributed by atoms with van der Waals surface area (Å²) < 4.78 is 35.1. The third-order valence-electron chi connectivity index (χ3n) is 1.94. The van der Waals surface area contributed by atoms with E-state index in [0.717, 1.165) is 0 Å². The number of ether oxygens (including phenoxy) is 1. The third kappa shape index (κ3) is 3.21. The summed E-state index contributed by atoms with van der Waals surface area (Å²) in [6, 6.07) is 4.39. The lowest BCUT2D eigenvalue weighted by atomic mass is 10.1. The zero-order chi connectivity index (χ0) is 12.3. The molecule has 0 atom stereocenters. The van der Waals surface area contributed by atoms with Crippen LogP contribution in [0.1, 0.15) is 11.1 Å². The maximum atomic E-state index is 10.7. The van der Waals surface area contributed by atoms with E-state index in [-0.39, 0.29) is 11.6 Å². The van der Waals surface area contributed by atoms with Gasteiger partial charge in [0.25, 0.3) is 10.1 Å². The van der Waals surface area contributed by atoms with Crippen molar-refractivity contribution < 1.29 is 17.7 Å². The lowest BCUT2D eigenvalue weighted by Crippen LogP contribution is -2.12. The molecule has 0 aliphatic heterocycles. The van der Waals surface area contributed by atoms with Crippen molar-refractivity contribution in [2.45, 2.75) is 5.75 Å². The first kappa shape index (κ1) is 12.5. The van der Waals surface area contributed by atoms with Crippen molar-refractivity contribution in [2.24, 2.45) is 5.73 Å². The smallest absolute Gasteiger partial charge is 0.269 e. The molecule has 88 valence electrons. The average Bonchev–Trinajstić information content (AvgIpc) is 2.15. The average molecular weight is 244 g/mol. The van der Waals surface area contributed by atoms with Gasteiger partial charge in [0.1, 0.15) is 17.3 Å². The Morgan fingerprint density at radius 1 is 1.56 bits per heavy atom. The van der Waals surface area contributed by atoms with Crippen LogP contribution in [-0.2, 0) is 15.9 Å². The predicted octanol–water partition coefficient (Wildman–Crippen LogP) is 0.367. The molecule has 0 aromatic heterocycles. The highest BCUT2D eigenvalue weighted by Gasteiger charge is 2.12. The molecule has 1 aromatic carbocycles. The lowest BCUT2D eigenvalue weighted by Gasteiger charge is -2.08. The van der Waals surface area contributed by atoms with Gasteiger partial charge >= 0.3 is 0 Å². The quantitative estimate of drug-likeness (QED) is 0.402. The number of benzene rings is 1. The number of nitrogens with two attached hydrogens (primary N) is 1. The Morgan fingerprint density at radius 2 is 2.19 bits per heavy atom. The van der Waals surface area contributed by atoms with Gasteiger partial charge in [-0.05, 0) is 6.07 Å². The summed E-state index contributed by atoms with van der Waals surface area (Å²) in [7, 11) is -2.74. The van der Waals surface area contributed by atoms with Crippen LogP contribution in [0.3, 0.4) is 0 Å². The van der Waals surface area contributed by atoms with Gasteiger partial charge in [0.15, 0.2) is 0 Å². The van der Waals surface area contributed by atoms with Gasteiger partial charge in [-0.3, -0.25) is 9.96 Å². The molecule has 1 aromatic rings. The van der Waals surface area contributed by atoms with Crippen molar-refractivity contribution in [3.05, 3.63) is 29.3 Å². The van der Waals surface area contributed by atoms with Crippen molar-refractivity contribution in [2.75, 3.05) is 7.11 Å². The van der Waals surface area contributed by atoms with Gasteiger partial charge in [-0.25, -0.2) is 0 Å². The Hall–Kier alpha value is -1.60. The molecular weight excluding hydrogens is 232 g/mol. The Labute approximate surface area is 93.3 Å². The molecule has 0 saturated carbocycles. The molecule has 0 saturated heterocycles. The molecule has 7 heteroatoms. The van der Waals surface area contributed by atoms with E-state index in [2.05, 4.69) is 0 Å². The van der Waals surface area contributed by atoms with Gasteiger partial charge in [0.05, 0.1) is 7.11 Å². The molecule has 0 aliphatic carbocycles. The van der Waals surface area contributed by atoms with Gasteiger partial charge in [-0.1, -0.05) is 12.1 Å². The fourth-order valence-corrected chi connectivity index (χ4v) is 1.86. The lowest BCUT2D eigenvalue weighted by molar-refractivity contribution is 0.409. The second kappa shape index (κ2) is 4.50. The number of nitrogens with one attached hydrogen (secondary N) is 1. The van der Waals surface area contributed by atoms with Crippen LogP contribution in [0.4, 0.5) is 0 Å². The molecule has 6 nitrogen and oxygen atoms in total. The molecule has 0 heterocycles. The van der Waals surface area contributed by atoms with Gasteiger partial charge in [0.2, 0.25) is 0 Å². The van der Waals surface area contributed by atoms with Crippen LogP contribution in [0.15, 0.2) is 18.2 Å². The van der Waals surface area contributed by atoms with Crippen molar-refractivity contribution >= 4 is 16.0 Å². The molecule has 4 N–H and O–H groups in total. The molecule has 0 spiro atoms. The van der Waals surface area contributed by atoms with E-state index < -0.39 is 15.9 Å². The molecule has 0 fully saturated rings. The van der Waals surface area contributed by atoms with Gasteiger partial charge in [0, 0.05) is 11.1 Å². The fraction of sp³-hybridized carbons (Fsp3) is 0.222. The topological polar surface area (TPSA) is 113 Å². The molecule has 1 rings (SSSR count). The Morgan fingerprint density at radius 3 is 2.62 bits per heavy atom. The minimum Gasteiger partial charge on any atom is -0.496 e. The summed E-state index contributed by atoms with van der Waals surface area (Å²) >= 11 is 0. The first-order chi connectivity index (χ1) is 7.33. The van der Waals surface area contributed by atoms with Crippen LogP contribution < -0.4 is 10.5 Å².